The van der Waals surface area contributed by atoms with Gasteiger partial charge in [-0.1, -0.05) is 124 Å². The summed E-state index contributed by atoms with van der Waals surface area (Å²) in [7, 11) is 0. The summed E-state index contributed by atoms with van der Waals surface area (Å²) in [6, 6.07) is 16.6. The van der Waals surface area contributed by atoms with Gasteiger partial charge >= 0.3 is 0 Å². The highest BCUT2D eigenvalue weighted by molar-refractivity contribution is 5.29. The highest BCUT2D eigenvalue weighted by Gasteiger charge is 2.09. The zero-order valence-corrected chi connectivity index (χ0v) is 38.7. The quantitative estimate of drug-likeness (QED) is 0.0259. The average Bonchev–Trinajstić information content (AvgIpc) is 3.76. The molecule has 0 aliphatic rings. The Bertz CT molecular complexity index is 1590. The van der Waals surface area contributed by atoms with Gasteiger partial charge in [-0.2, -0.15) is 0 Å². The van der Waals surface area contributed by atoms with Crippen LogP contribution in [0, 0.1) is 0 Å². The van der Waals surface area contributed by atoms with Crippen molar-refractivity contribution in [2.24, 2.45) is 0 Å². The molecule has 4 N–H and O–H groups in total. The Kier molecular flexibility index (Phi) is 31.0. The zero-order chi connectivity index (χ0) is 44.7. The maximum atomic E-state index is 10.5. The largest absolute Gasteiger partial charge is 0.491 e. The Morgan fingerprint density at radius 3 is 1.60 bits per heavy atom. The highest BCUT2D eigenvalue weighted by atomic mass is 16.5. The number of allylic oxidation sites excluding steroid dienone is 10. The van der Waals surface area contributed by atoms with Gasteiger partial charge in [0.1, 0.15) is 62.4 Å². The summed E-state index contributed by atoms with van der Waals surface area (Å²) in [5.41, 5.74) is 2.58. The first kappa shape index (κ1) is 52.9. The van der Waals surface area contributed by atoms with Crippen molar-refractivity contribution >= 4 is 0 Å². The summed E-state index contributed by atoms with van der Waals surface area (Å²) in [5.74, 6) is 1.64. The molecule has 2 atom stereocenters. The van der Waals surface area contributed by atoms with E-state index >= 15 is 0 Å². The molecule has 3 aromatic rings. The second kappa shape index (κ2) is 37.0. The predicted molar refractivity (Wildman–Crippen MR) is 264 cm³/mol. The van der Waals surface area contributed by atoms with Crippen LogP contribution in [-0.2, 0) is 25.9 Å². The lowest BCUT2D eigenvalue weighted by Crippen LogP contribution is -2.40. The van der Waals surface area contributed by atoms with Crippen LogP contribution in [0.15, 0.2) is 141 Å². The SMILES string of the molecule is C=CC/C=C/C/C=C/CCCCCCCc1cccc(OCC(O)CNCCn2cc[n+](CCNCC(O)COc3cccc(CCCCCCC/C=C/C/C=C/CC=C)c3)c2)c1. The number of ether oxygens (including phenoxy) is 2. The van der Waals surface area contributed by atoms with E-state index in [0.29, 0.717) is 13.1 Å². The van der Waals surface area contributed by atoms with Gasteiger partial charge in [0.2, 0.25) is 6.33 Å². The fourth-order valence-corrected chi connectivity index (χ4v) is 7.15. The Hall–Kier alpha value is -4.47. The van der Waals surface area contributed by atoms with Crippen LogP contribution in [0.1, 0.15) is 114 Å². The van der Waals surface area contributed by atoms with Crippen molar-refractivity contribution in [1.82, 2.24) is 15.2 Å². The van der Waals surface area contributed by atoms with E-state index in [4.69, 9.17) is 9.47 Å². The fourth-order valence-electron chi connectivity index (χ4n) is 7.15. The minimum absolute atomic E-state index is 0.260. The van der Waals surface area contributed by atoms with Gasteiger partial charge in [0.25, 0.3) is 0 Å². The molecule has 8 heteroatoms. The molecule has 0 saturated heterocycles. The average molecular weight is 864 g/mol. The molecule has 2 aromatic carbocycles. The highest BCUT2D eigenvalue weighted by Crippen LogP contribution is 2.18. The molecule has 346 valence electrons. The van der Waals surface area contributed by atoms with Crippen molar-refractivity contribution in [2.45, 2.75) is 141 Å². The number of imidazole rings is 1. The third-order valence-corrected chi connectivity index (χ3v) is 10.8. The van der Waals surface area contributed by atoms with Crippen LogP contribution >= 0.6 is 0 Å². The maximum Gasteiger partial charge on any atom is 0.243 e. The van der Waals surface area contributed by atoms with Crippen LogP contribution in [0.2, 0.25) is 0 Å². The molecule has 0 radical (unpaired) electrons. The molecule has 8 nitrogen and oxygen atoms in total. The molecule has 0 spiro atoms. The lowest BCUT2D eigenvalue weighted by atomic mass is 10.0. The first-order valence-corrected chi connectivity index (χ1v) is 24.1. The van der Waals surface area contributed by atoms with Crippen LogP contribution in [0.3, 0.4) is 0 Å². The molecule has 3 rings (SSSR count). The summed E-state index contributed by atoms with van der Waals surface area (Å²) in [6.07, 6.45) is 47.6. The fraction of sp³-hybridized carbons (Fsp3) is 0.509. The Balaban J connectivity index is 1.15. The van der Waals surface area contributed by atoms with Crippen molar-refractivity contribution in [1.29, 1.82) is 0 Å². The standard InChI is InChI=1S/C55H83N4O4/c1-3-5-7-9-11-13-15-17-19-21-23-25-27-31-50-33-29-35-54(43-50)62-47-52(60)45-56-37-39-58-41-42-59(49-58)40-38-57-46-53(61)48-63-55-36-30-34-51(44-55)32-28-26-24-22-20-18-16-14-12-10-8-6-4-2/h3-4,7-10,13-16,29-30,33-36,41-44,49,52-53,56-57,60-61H,1-2,5-6,11-12,17-28,31-32,37-40,45-48H2/q+1/b9-7+,10-8+,15-13+,16-14+. The second-order valence-corrected chi connectivity index (χ2v) is 16.5. The van der Waals surface area contributed by atoms with Gasteiger partial charge in [-0.25, -0.2) is 9.13 Å². The summed E-state index contributed by atoms with van der Waals surface area (Å²) in [6.45, 7) is 12.0. The van der Waals surface area contributed by atoms with Gasteiger partial charge in [0.05, 0.1) is 0 Å². The number of aliphatic hydroxyl groups excluding tert-OH is 2. The molecular formula is C55H83N4O4+. The van der Waals surface area contributed by atoms with Crippen molar-refractivity contribution in [3.63, 3.8) is 0 Å². The van der Waals surface area contributed by atoms with E-state index < -0.39 is 12.2 Å². The number of hydrogen-bond acceptors (Lipinski definition) is 6. The van der Waals surface area contributed by atoms with Crippen LogP contribution < -0.4 is 24.7 Å². The summed E-state index contributed by atoms with van der Waals surface area (Å²) >= 11 is 0. The first-order chi connectivity index (χ1) is 31.1. The molecule has 63 heavy (non-hydrogen) atoms. The van der Waals surface area contributed by atoms with Crippen LogP contribution in [0.5, 0.6) is 11.5 Å². The molecule has 1 heterocycles. The summed E-state index contributed by atoms with van der Waals surface area (Å²) < 4.78 is 16.1. The monoisotopic (exact) mass is 864 g/mol. The molecular weight excluding hydrogens is 781 g/mol. The zero-order valence-electron chi connectivity index (χ0n) is 38.7. The topological polar surface area (TPSA) is 91.8 Å². The lowest BCUT2D eigenvalue weighted by molar-refractivity contribution is -0.694. The van der Waals surface area contributed by atoms with Crippen molar-refractivity contribution in [2.75, 3.05) is 39.4 Å². The van der Waals surface area contributed by atoms with Crippen LogP contribution in [0.25, 0.3) is 0 Å². The molecule has 0 aliphatic heterocycles. The minimum Gasteiger partial charge on any atom is -0.491 e. The second-order valence-electron chi connectivity index (χ2n) is 16.5. The smallest absolute Gasteiger partial charge is 0.243 e. The third-order valence-electron chi connectivity index (χ3n) is 10.8. The van der Waals surface area contributed by atoms with Crippen molar-refractivity contribution in [3.8, 4) is 11.5 Å². The van der Waals surface area contributed by atoms with Crippen LogP contribution in [0.4, 0.5) is 0 Å². The van der Waals surface area contributed by atoms with Gasteiger partial charge < -0.3 is 30.3 Å². The molecule has 0 amide bonds. The summed E-state index contributed by atoms with van der Waals surface area (Å²) in [4.78, 5) is 0. The molecule has 1 aromatic heterocycles. The number of rotatable bonds is 40. The van der Waals surface area contributed by atoms with E-state index in [1.165, 1.54) is 88.2 Å². The minimum atomic E-state index is -0.585. The van der Waals surface area contributed by atoms with E-state index in [-0.39, 0.29) is 13.2 Å². The van der Waals surface area contributed by atoms with Gasteiger partial charge in [-0.15, -0.1) is 13.2 Å². The molecule has 0 saturated carbocycles. The van der Waals surface area contributed by atoms with Gasteiger partial charge in [-0.3, -0.25) is 0 Å². The Labute approximate surface area is 382 Å². The lowest BCUT2D eigenvalue weighted by Gasteiger charge is -2.14. The number of unbranched alkanes of at least 4 members (excludes halogenated alkanes) is 10. The van der Waals surface area contributed by atoms with Crippen molar-refractivity contribution in [3.05, 3.63) is 152 Å². The molecule has 0 aliphatic carbocycles. The number of hydrogen-bond donors (Lipinski definition) is 4. The van der Waals surface area contributed by atoms with E-state index in [1.54, 1.807) is 0 Å². The number of aryl methyl sites for hydroxylation is 2. The number of nitrogens with one attached hydrogen (secondary N) is 2. The van der Waals surface area contributed by atoms with E-state index in [2.05, 4.69) is 125 Å². The van der Waals surface area contributed by atoms with Gasteiger partial charge in [-0.05, 0) is 112 Å². The predicted octanol–water partition coefficient (Wildman–Crippen LogP) is 10.8. The van der Waals surface area contributed by atoms with E-state index in [1.807, 2.05) is 36.4 Å². The van der Waals surface area contributed by atoms with Gasteiger partial charge in [0.15, 0.2) is 0 Å². The van der Waals surface area contributed by atoms with Crippen molar-refractivity contribution < 1.29 is 24.3 Å². The number of aliphatic hydroxyl groups is 2. The number of aromatic nitrogens is 2. The van der Waals surface area contributed by atoms with E-state index in [9.17, 15) is 10.2 Å². The van der Waals surface area contributed by atoms with Gasteiger partial charge in [0, 0.05) is 26.2 Å². The summed E-state index contributed by atoms with van der Waals surface area (Å²) in [5, 5.41) is 27.7. The first-order valence-electron chi connectivity index (χ1n) is 24.1. The van der Waals surface area contributed by atoms with Crippen LogP contribution in [-0.4, -0.2) is 66.4 Å². The number of nitrogens with zero attached hydrogens (tertiary/aromatic N) is 2. The molecule has 2 unspecified atom stereocenters. The molecule has 0 fully saturated rings. The number of benzene rings is 2. The normalized spacial score (nSPS) is 12.9. The third kappa shape index (κ3) is 28.8. The molecule has 0 bridgehead atoms. The Morgan fingerprint density at radius 2 is 1.06 bits per heavy atom. The maximum absolute atomic E-state index is 10.5. The van der Waals surface area contributed by atoms with E-state index in [0.717, 1.165) is 76.2 Å². The Morgan fingerprint density at radius 1 is 0.587 bits per heavy atom.